The van der Waals surface area contributed by atoms with Crippen LogP contribution in [0, 0.1) is 0 Å². The molecule has 2 aromatic rings. The lowest BCUT2D eigenvalue weighted by Gasteiger charge is -2.31. The van der Waals surface area contributed by atoms with Crippen LogP contribution in [-0.2, 0) is 4.79 Å². The molecule has 1 saturated heterocycles. The molecule has 24 heavy (non-hydrogen) atoms. The molecule has 1 N–H and O–H groups in total. The molecule has 1 aliphatic rings. The quantitative estimate of drug-likeness (QED) is 0.937. The largest absolute Gasteiger partial charge is 0.478 e. The van der Waals surface area contributed by atoms with Gasteiger partial charge in [-0.25, -0.2) is 4.79 Å². The van der Waals surface area contributed by atoms with Crippen LogP contribution in [0.5, 0.6) is 0 Å². The summed E-state index contributed by atoms with van der Waals surface area (Å²) in [7, 11) is 0. The van der Waals surface area contributed by atoms with Gasteiger partial charge in [-0.2, -0.15) is 0 Å². The van der Waals surface area contributed by atoms with Gasteiger partial charge in [0.1, 0.15) is 0 Å². The topological polar surface area (TPSA) is 83.4 Å². The number of carboxylic acid groups (broad SMARTS) is 1. The molecule has 1 fully saturated rings. The fourth-order valence-corrected chi connectivity index (χ4v) is 3.04. The van der Waals surface area contributed by atoms with Crippen molar-refractivity contribution in [2.24, 2.45) is 0 Å². The van der Waals surface area contributed by atoms with Crippen molar-refractivity contribution in [3.8, 4) is 11.1 Å². The van der Waals surface area contributed by atoms with Crippen molar-refractivity contribution in [2.75, 3.05) is 13.1 Å². The highest BCUT2D eigenvalue weighted by molar-refractivity contribution is 5.88. The summed E-state index contributed by atoms with van der Waals surface area (Å²) in [6.07, 6.45) is 6.70. The number of hydrogen-bond acceptors (Lipinski definition) is 4. The molecule has 0 spiro atoms. The molecule has 0 bridgehead atoms. The molecule has 1 unspecified atom stereocenters. The average molecular weight is 325 g/mol. The number of rotatable bonds is 3. The van der Waals surface area contributed by atoms with Gasteiger partial charge in [-0.05, 0) is 25.0 Å². The number of amides is 1. The Morgan fingerprint density at radius 2 is 2.04 bits per heavy atom. The fourth-order valence-electron chi connectivity index (χ4n) is 3.04. The molecule has 0 radical (unpaired) electrons. The summed E-state index contributed by atoms with van der Waals surface area (Å²) >= 11 is 0. The van der Waals surface area contributed by atoms with Gasteiger partial charge in [-0.15, -0.1) is 0 Å². The Morgan fingerprint density at radius 1 is 1.21 bits per heavy atom. The van der Waals surface area contributed by atoms with Crippen LogP contribution in [0.4, 0.5) is 0 Å². The molecule has 6 heteroatoms. The Labute approximate surface area is 140 Å². The van der Waals surface area contributed by atoms with Crippen molar-refractivity contribution in [1.29, 1.82) is 0 Å². The molecule has 3 heterocycles. The van der Waals surface area contributed by atoms with Gasteiger partial charge in [-0.1, -0.05) is 6.07 Å². The van der Waals surface area contributed by atoms with Gasteiger partial charge in [0, 0.05) is 61.3 Å². The highest BCUT2D eigenvalue weighted by Crippen LogP contribution is 2.27. The summed E-state index contributed by atoms with van der Waals surface area (Å²) in [4.78, 5) is 33.0. The molecule has 6 nitrogen and oxygen atoms in total. The van der Waals surface area contributed by atoms with E-state index in [1.165, 1.54) is 6.20 Å². The minimum absolute atomic E-state index is 0.105. The van der Waals surface area contributed by atoms with Gasteiger partial charge >= 0.3 is 5.97 Å². The van der Waals surface area contributed by atoms with Gasteiger partial charge in [0.2, 0.25) is 5.91 Å². The highest BCUT2D eigenvalue weighted by Gasteiger charge is 2.23. The third-order valence-electron chi connectivity index (χ3n) is 4.39. The van der Waals surface area contributed by atoms with Crippen LogP contribution in [0.1, 0.15) is 41.7 Å². The Morgan fingerprint density at radius 3 is 2.71 bits per heavy atom. The number of carbonyl (C=O) groups excluding carboxylic acids is 1. The van der Waals surface area contributed by atoms with Crippen molar-refractivity contribution in [3.63, 3.8) is 0 Å². The zero-order valence-electron chi connectivity index (χ0n) is 13.5. The van der Waals surface area contributed by atoms with Crippen LogP contribution in [0.15, 0.2) is 36.8 Å². The van der Waals surface area contributed by atoms with Gasteiger partial charge in [0.05, 0.1) is 5.56 Å². The van der Waals surface area contributed by atoms with Crippen LogP contribution in [0.3, 0.4) is 0 Å². The number of pyridine rings is 2. The minimum Gasteiger partial charge on any atom is -0.478 e. The molecule has 1 aliphatic heterocycles. The standard InChI is InChI=1S/C18H19N3O3/c1-12(22)21-6-2-3-14(11-21)17-5-4-13(10-20-17)15-7-16(18(23)24)9-19-8-15/h4-5,7-10,14H,2-3,6,11H2,1H3,(H,23,24). The van der Waals surface area contributed by atoms with Crippen molar-refractivity contribution >= 4 is 11.9 Å². The Bertz CT molecular complexity index is 758. The normalized spacial score (nSPS) is 17.5. The van der Waals surface area contributed by atoms with E-state index in [-0.39, 0.29) is 17.4 Å². The van der Waals surface area contributed by atoms with Crippen molar-refractivity contribution in [3.05, 3.63) is 48.0 Å². The molecule has 1 amide bonds. The van der Waals surface area contributed by atoms with Crippen molar-refractivity contribution in [1.82, 2.24) is 14.9 Å². The first-order valence-electron chi connectivity index (χ1n) is 7.95. The van der Waals surface area contributed by atoms with Crippen LogP contribution in [-0.4, -0.2) is 44.9 Å². The van der Waals surface area contributed by atoms with E-state index < -0.39 is 5.97 Å². The third-order valence-corrected chi connectivity index (χ3v) is 4.39. The third kappa shape index (κ3) is 3.42. The summed E-state index contributed by atoms with van der Waals surface area (Å²) < 4.78 is 0. The number of aromatic nitrogens is 2. The number of carboxylic acids is 1. The number of aromatic carboxylic acids is 1. The number of likely N-dealkylation sites (tertiary alicyclic amines) is 1. The SMILES string of the molecule is CC(=O)N1CCCC(c2ccc(-c3cncc(C(=O)O)c3)cn2)C1. The van der Waals surface area contributed by atoms with E-state index in [1.807, 2.05) is 17.0 Å². The van der Waals surface area contributed by atoms with E-state index in [2.05, 4.69) is 9.97 Å². The maximum atomic E-state index is 11.6. The molecule has 124 valence electrons. The predicted octanol–water partition coefficient (Wildman–Crippen LogP) is 2.57. The number of hydrogen-bond donors (Lipinski definition) is 1. The Balaban J connectivity index is 1.79. The van der Waals surface area contributed by atoms with Crippen LogP contribution < -0.4 is 0 Å². The fraction of sp³-hybridized carbons (Fsp3) is 0.333. The Kier molecular flexibility index (Phi) is 4.55. The second-order valence-electron chi connectivity index (χ2n) is 6.04. The predicted molar refractivity (Wildman–Crippen MR) is 88.7 cm³/mol. The lowest BCUT2D eigenvalue weighted by molar-refractivity contribution is -0.130. The number of nitrogens with zero attached hydrogens (tertiary/aromatic N) is 3. The van der Waals surface area contributed by atoms with E-state index in [0.717, 1.165) is 36.2 Å². The van der Waals surface area contributed by atoms with Crippen molar-refractivity contribution in [2.45, 2.75) is 25.7 Å². The van der Waals surface area contributed by atoms with Crippen LogP contribution in [0.2, 0.25) is 0 Å². The Hall–Kier alpha value is -2.76. The molecular weight excluding hydrogens is 306 g/mol. The first-order chi connectivity index (χ1) is 11.5. The minimum atomic E-state index is -1.000. The lowest BCUT2D eigenvalue weighted by Crippen LogP contribution is -2.37. The number of carbonyl (C=O) groups is 2. The highest BCUT2D eigenvalue weighted by atomic mass is 16.4. The summed E-state index contributed by atoms with van der Waals surface area (Å²) in [5.74, 6) is -0.645. The van der Waals surface area contributed by atoms with E-state index >= 15 is 0 Å². The molecule has 3 rings (SSSR count). The molecule has 0 saturated carbocycles. The van der Waals surface area contributed by atoms with Gasteiger partial charge in [-0.3, -0.25) is 14.8 Å². The van der Waals surface area contributed by atoms with Gasteiger partial charge < -0.3 is 10.0 Å². The first kappa shape index (κ1) is 16.1. The molecule has 0 aromatic carbocycles. The van der Waals surface area contributed by atoms with Gasteiger partial charge in [0.25, 0.3) is 0 Å². The summed E-state index contributed by atoms with van der Waals surface area (Å²) in [6, 6.07) is 5.47. The lowest BCUT2D eigenvalue weighted by atomic mass is 9.93. The summed E-state index contributed by atoms with van der Waals surface area (Å²) in [5.41, 5.74) is 2.67. The molecule has 0 aliphatic carbocycles. The summed E-state index contributed by atoms with van der Waals surface area (Å²) in [5, 5.41) is 9.05. The van der Waals surface area contributed by atoms with Gasteiger partial charge in [0.15, 0.2) is 0 Å². The number of piperidine rings is 1. The molecule has 1 atom stereocenters. The molecule has 2 aromatic heterocycles. The van der Waals surface area contributed by atoms with E-state index in [4.69, 9.17) is 5.11 Å². The summed E-state index contributed by atoms with van der Waals surface area (Å²) in [6.45, 7) is 3.12. The zero-order valence-corrected chi connectivity index (χ0v) is 13.5. The van der Waals surface area contributed by atoms with E-state index in [1.54, 1.807) is 25.4 Å². The molecular formula is C18H19N3O3. The maximum absolute atomic E-state index is 11.6. The monoisotopic (exact) mass is 325 g/mol. The van der Waals surface area contributed by atoms with Crippen LogP contribution in [0.25, 0.3) is 11.1 Å². The van der Waals surface area contributed by atoms with Crippen LogP contribution >= 0.6 is 0 Å². The van der Waals surface area contributed by atoms with E-state index in [0.29, 0.717) is 6.54 Å². The first-order valence-corrected chi connectivity index (χ1v) is 7.95. The maximum Gasteiger partial charge on any atom is 0.337 e. The second-order valence-corrected chi connectivity index (χ2v) is 6.04. The smallest absolute Gasteiger partial charge is 0.337 e. The van der Waals surface area contributed by atoms with Crippen molar-refractivity contribution < 1.29 is 14.7 Å². The second kappa shape index (κ2) is 6.78. The van der Waals surface area contributed by atoms with E-state index in [9.17, 15) is 9.59 Å². The zero-order chi connectivity index (χ0) is 17.1. The average Bonchev–Trinajstić information content (AvgIpc) is 2.62.